The molecule has 0 unspecified atom stereocenters. The predicted molar refractivity (Wildman–Crippen MR) is 119 cm³/mol. The van der Waals surface area contributed by atoms with Crippen LogP contribution in [0.3, 0.4) is 0 Å². The van der Waals surface area contributed by atoms with Crippen molar-refractivity contribution >= 4 is 38.6 Å². The number of thioether (sulfide) groups is 1. The first-order chi connectivity index (χ1) is 14.8. The van der Waals surface area contributed by atoms with Crippen molar-refractivity contribution < 1.29 is 17.6 Å². The van der Waals surface area contributed by atoms with Crippen LogP contribution in [-0.4, -0.2) is 60.4 Å². The summed E-state index contributed by atoms with van der Waals surface area (Å²) in [4.78, 5) is 18.9. The number of hydrogen-bond donors (Lipinski definition) is 0. The molecule has 1 fully saturated rings. The maximum atomic E-state index is 13.4. The fourth-order valence-corrected chi connectivity index (χ4v) is 5.90. The Balaban J connectivity index is 1.35. The number of rotatable bonds is 5. The lowest BCUT2D eigenvalue weighted by Gasteiger charge is -2.34. The maximum absolute atomic E-state index is 13.4. The number of benzene rings is 2. The Labute approximate surface area is 185 Å². The number of carbonyl (C=O) groups is 1. The van der Waals surface area contributed by atoms with Gasteiger partial charge in [-0.25, -0.2) is 17.8 Å². The van der Waals surface area contributed by atoms with Crippen LogP contribution in [0.25, 0.3) is 10.9 Å². The number of aromatic nitrogens is 1. The van der Waals surface area contributed by atoms with Gasteiger partial charge >= 0.3 is 0 Å². The first-order valence-corrected chi connectivity index (χ1v) is 12.3. The second kappa shape index (κ2) is 8.94. The molecule has 9 heteroatoms. The minimum Gasteiger partial charge on any atom is -0.339 e. The second-order valence-corrected chi connectivity index (χ2v) is 10.3. The lowest BCUT2D eigenvalue weighted by molar-refractivity contribution is -0.129. The Kier molecular flexibility index (Phi) is 6.27. The Hall–Kier alpha value is -2.49. The van der Waals surface area contributed by atoms with Gasteiger partial charge in [-0.15, -0.1) is 0 Å². The summed E-state index contributed by atoms with van der Waals surface area (Å²) in [5.41, 5.74) is 2.00. The topological polar surface area (TPSA) is 70.6 Å². The van der Waals surface area contributed by atoms with Crippen molar-refractivity contribution in [2.45, 2.75) is 16.8 Å². The molecule has 1 saturated heterocycles. The van der Waals surface area contributed by atoms with Crippen LogP contribution < -0.4 is 0 Å². The van der Waals surface area contributed by atoms with Crippen LogP contribution in [0.4, 0.5) is 4.39 Å². The van der Waals surface area contributed by atoms with Gasteiger partial charge < -0.3 is 4.90 Å². The summed E-state index contributed by atoms with van der Waals surface area (Å²) in [6, 6.07) is 14.8. The van der Waals surface area contributed by atoms with Crippen LogP contribution in [0.1, 0.15) is 5.56 Å². The first-order valence-electron chi connectivity index (χ1n) is 9.87. The standard InChI is InChI=1S/C22H22FN3O3S2/c1-16-13-21(24-20-8-3-2-7-19(16)20)30-15-22(27)25-9-11-26(12-10-25)31(28,29)18-6-4-5-17(23)14-18/h2-8,13-14H,9-12,15H2,1H3. The van der Waals surface area contributed by atoms with Crippen molar-refractivity contribution in [2.75, 3.05) is 31.9 Å². The fraction of sp³-hybridized carbons (Fsp3) is 0.273. The van der Waals surface area contributed by atoms with Gasteiger partial charge in [0.2, 0.25) is 15.9 Å². The van der Waals surface area contributed by atoms with Crippen LogP contribution in [0.5, 0.6) is 0 Å². The lowest BCUT2D eigenvalue weighted by Crippen LogP contribution is -2.50. The van der Waals surface area contributed by atoms with Gasteiger partial charge in [-0.05, 0) is 42.8 Å². The number of carbonyl (C=O) groups excluding carboxylic acids is 1. The Bertz CT molecular complexity index is 1230. The molecule has 0 N–H and O–H groups in total. The minimum absolute atomic E-state index is 0.0552. The summed E-state index contributed by atoms with van der Waals surface area (Å²) in [5, 5.41) is 1.88. The van der Waals surface area contributed by atoms with Crippen molar-refractivity contribution in [3.8, 4) is 0 Å². The number of sulfonamides is 1. The van der Waals surface area contributed by atoms with E-state index >= 15 is 0 Å². The molecule has 1 aromatic heterocycles. The highest BCUT2D eigenvalue weighted by molar-refractivity contribution is 7.99. The number of pyridine rings is 1. The second-order valence-electron chi connectivity index (χ2n) is 7.33. The molecule has 0 saturated carbocycles. The summed E-state index contributed by atoms with van der Waals surface area (Å²) in [7, 11) is -3.77. The van der Waals surface area contributed by atoms with Crippen LogP contribution >= 0.6 is 11.8 Å². The van der Waals surface area contributed by atoms with Crippen molar-refractivity contribution in [2.24, 2.45) is 0 Å². The zero-order chi connectivity index (χ0) is 22.0. The molecule has 1 aliphatic heterocycles. The van der Waals surface area contributed by atoms with E-state index in [1.54, 1.807) is 4.90 Å². The van der Waals surface area contributed by atoms with Gasteiger partial charge in [-0.1, -0.05) is 36.0 Å². The smallest absolute Gasteiger partial charge is 0.243 e. The third-order valence-electron chi connectivity index (χ3n) is 5.27. The average molecular weight is 460 g/mol. The SMILES string of the molecule is Cc1cc(SCC(=O)N2CCN(S(=O)(=O)c3cccc(F)c3)CC2)nc2ccccc12. The molecule has 4 rings (SSSR count). The van der Waals surface area contributed by atoms with Crippen molar-refractivity contribution in [1.82, 2.24) is 14.2 Å². The van der Waals surface area contributed by atoms with Crippen LogP contribution in [0.2, 0.25) is 0 Å². The van der Waals surface area contributed by atoms with Crippen molar-refractivity contribution in [3.05, 3.63) is 66.0 Å². The average Bonchev–Trinajstić information content (AvgIpc) is 2.77. The number of halogens is 1. The third-order valence-corrected chi connectivity index (χ3v) is 8.06. The molecule has 31 heavy (non-hydrogen) atoms. The summed E-state index contributed by atoms with van der Waals surface area (Å²) in [5.74, 6) is -0.411. The molecule has 1 aliphatic rings. The fourth-order valence-electron chi connectivity index (χ4n) is 3.57. The van der Waals surface area contributed by atoms with E-state index in [9.17, 15) is 17.6 Å². The maximum Gasteiger partial charge on any atom is 0.243 e. The molecule has 0 bridgehead atoms. The molecule has 0 atom stereocenters. The number of amides is 1. The summed E-state index contributed by atoms with van der Waals surface area (Å²) < 4.78 is 40.1. The Morgan fingerprint density at radius 2 is 1.81 bits per heavy atom. The summed E-state index contributed by atoms with van der Waals surface area (Å²) in [6.45, 7) is 3.00. The highest BCUT2D eigenvalue weighted by atomic mass is 32.2. The summed E-state index contributed by atoms with van der Waals surface area (Å²) >= 11 is 1.38. The van der Waals surface area contributed by atoms with E-state index in [1.807, 2.05) is 37.3 Å². The van der Waals surface area contributed by atoms with Gasteiger partial charge in [0.05, 0.1) is 21.2 Å². The Morgan fingerprint density at radius 1 is 1.06 bits per heavy atom. The molecule has 1 amide bonds. The lowest BCUT2D eigenvalue weighted by atomic mass is 10.1. The van der Waals surface area contributed by atoms with E-state index in [4.69, 9.17) is 0 Å². The number of piperazine rings is 1. The zero-order valence-electron chi connectivity index (χ0n) is 17.0. The van der Waals surface area contributed by atoms with Gasteiger partial charge in [-0.2, -0.15) is 4.31 Å². The molecule has 2 aromatic carbocycles. The van der Waals surface area contributed by atoms with Crippen LogP contribution in [-0.2, 0) is 14.8 Å². The largest absolute Gasteiger partial charge is 0.339 e. The quantitative estimate of drug-likeness (QED) is 0.548. The predicted octanol–water partition coefficient (Wildman–Crippen LogP) is 3.31. The Morgan fingerprint density at radius 3 is 2.55 bits per heavy atom. The molecule has 0 spiro atoms. The normalized spacial score (nSPS) is 15.4. The van der Waals surface area contributed by atoms with Gasteiger partial charge in [0.25, 0.3) is 0 Å². The number of aryl methyl sites for hydroxylation is 1. The number of hydrogen-bond acceptors (Lipinski definition) is 5. The molecule has 3 aromatic rings. The highest BCUT2D eigenvalue weighted by Crippen LogP contribution is 2.24. The highest BCUT2D eigenvalue weighted by Gasteiger charge is 2.30. The molecule has 2 heterocycles. The van der Waals surface area contributed by atoms with E-state index in [0.717, 1.165) is 27.6 Å². The molecule has 0 aliphatic carbocycles. The van der Waals surface area contributed by atoms with E-state index in [1.165, 1.54) is 34.3 Å². The van der Waals surface area contributed by atoms with Gasteiger partial charge in [0, 0.05) is 31.6 Å². The molecule has 0 radical (unpaired) electrons. The van der Waals surface area contributed by atoms with Crippen molar-refractivity contribution in [1.29, 1.82) is 0 Å². The monoisotopic (exact) mass is 459 g/mol. The van der Waals surface area contributed by atoms with Gasteiger partial charge in [0.15, 0.2) is 0 Å². The molecular weight excluding hydrogens is 437 g/mol. The third kappa shape index (κ3) is 4.73. The van der Waals surface area contributed by atoms with E-state index in [0.29, 0.717) is 13.1 Å². The number of nitrogens with zero attached hydrogens (tertiary/aromatic N) is 3. The summed E-state index contributed by atoms with van der Waals surface area (Å²) in [6.07, 6.45) is 0. The van der Waals surface area contributed by atoms with E-state index < -0.39 is 15.8 Å². The minimum atomic E-state index is -3.77. The molecule has 162 valence electrons. The van der Waals surface area contributed by atoms with Gasteiger partial charge in [-0.3, -0.25) is 4.79 Å². The van der Waals surface area contributed by atoms with Crippen LogP contribution in [0.15, 0.2) is 64.5 Å². The van der Waals surface area contributed by atoms with Crippen molar-refractivity contribution in [3.63, 3.8) is 0 Å². The zero-order valence-corrected chi connectivity index (χ0v) is 18.6. The first kappa shape index (κ1) is 21.7. The van der Waals surface area contributed by atoms with E-state index in [-0.39, 0.29) is 29.6 Å². The van der Waals surface area contributed by atoms with E-state index in [2.05, 4.69) is 4.98 Å². The number of fused-ring (bicyclic) bond motifs is 1. The number of para-hydroxylation sites is 1. The van der Waals surface area contributed by atoms with Crippen LogP contribution in [0, 0.1) is 12.7 Å². The molecule has 6 nitrogen and oxygen atoms in total. The van der Waals surface area contributed by atoms with Gasteiger partial charge in [0.1, 0.15) is 5.82 Å². The molecular formula is C22H22FN3O3S2.